The van der Waals surface area contributed by atoms with Gasteiger partial charge in [0.25, 0.3) is 5.91 Å². The van der Waals surface area contributed by atoms with Gasteiger partial charge in [0.2, 0.25) is 5.76 Å². The normalized spacial score (nSPS) is 15.3. The molecule has 0 fully saturated rings. The van der Waals surface area contributed by atoms with Crippen molar-refractivity contribution in [1.82, 2.24) is 9.80 Å². The summed E-state index contributed by atoms with van der Waals surface area (Å²) >= 11 is 0. The summed E-state index contributed by atoms with van der Waals surface area (Å²) in [7, 11) is 0. The molecule has 7 heteroatoms. The molecular formula is C28H34N2O5. The maximum atomic E-state index is 13.8. The van der Waals surface area contributed by atoms with Crippen LogP contribution in [0.1, 0.15) is 62.3 Å². The lowest BCUT2D eigenvalue weighted by atomic mass is 9.98. The zero-order chi connectivity index (χ0) is 25.1. The first-order chi connectivity index (χ1) is 16.9. The quantitative estimate of drug-likeness (QED) is 0.414. The first-order valence-electron chi connectivity index (χ1n) is 12.4. The van der Waals surface area contributed by atoms with Crippen LogP contribution < -0.4 is 14.9 Å². The van der Waals surface area contributed by atoms with Gasteiger partial charge in [-0.2, -0.15) is 0 Å². The lowest BCUT2D eigenvalue weighted by molar-refractivity contribution is 0.0707. The topological polar surface area (TPSA) is 72.2 Å². The number of hydrogen-bond acceptors (Lipinski definition) is 6. The van der Waals surface area contributed by atoms with Crippen molar-refractivity contribution in [3.8, 4) is 11.5 Å². The third-order valence-electron chi connectivity index (χ3n) is 6.35. The second-order valence-corrected chi connectivity index (χ2v) is 8.93. The van der Waals surface area contributed by atoms with Gasteiger partial charge >= 0.3 is 0 Å². The monoisotopic (exact) mass is 478 g/mol. The Bertz CT molecular complexity index is 1260. The summed E-state index contributed by atoms with van der Waals surface area (Å²) in [6.07, 6.45) is 0.00932. The highest BCUT2D eigenvalue weighted by Gasteiger charge is 2.42. The second kappa shape index (κ2) is 10.5. The Labute approximate surface area is 206 Å². The number of nitrogens with zero attached hydrogens (tertiary/aromatic N) is 2. The van der Waals surface area contributed by atoms with Gasteiger partial charge in [-0.05, 0) is 63.7 Å². The Balaban J connectivity index is 1.85. The third-order valence-corrected chi connectivity index (χ3v) is 6.35. The molecule has 0 saturated carbocycles. The number of carbonyl (C=O) groups excluding carboxylic acids is 1. The molecule has 3 aromatic rings. The molecule has 0 radical (unpaired) electrons. The minimum absolute atomic E-state index is 0.00932. The third kappa shape index (κ3) is 4.91. The molecule has 186 valence electrons. The maximum Gasteiger partial charge on any atom is 0.290 e. The van der Waals surface area contributed by atoms with Crippen molar-refractivity contribution in [3.63, 3.8) is 0 Å². The number of benzene rings is 2. The summed E-state index contributed by atoms with van der Waals surface area (Å²) < 4.78 is 17.6. The van der Waals surface area contributed by atoms with Gasteiger partial charge in [0.15, 0.2) is 5.43 Å². The number of ether oxygens (including phenoxy) is 2. The van der Waals surface area contributed by atoms with E-state index < -0.39 is 6.04 Å². The van der Waals surface area contributed by atoms with Crippen molar-refractivity contribution in [2.45, 2.75) is 46.8 Å². The molecule has 0 N–H and O–H groups in total. The van der Waals surface area contributed by atoms with E-state index in [1.807, 2.05) is 45.0 Å². The lowest BCUT2D eigenvalue weighted by Crippen LogP contribution is -2.37. The molecule has 0 aliphatic carbocycles. The van der Waals surface area contributed by atoms with E-state index in [9.17, 15) is 9.59 Å². The van der Waals surface area contributed by atoms with Gasteiger partial charge in [0.05, 0.1) is 29.7 Å². The number of likely N-dealkylation sites (N-methyl/N-ethyl adjacent to an activating group) is 1. The molecule has 1 aliphatic heterocycles. The zero-order valence-electron chi connectivity index (χ0n) is 21.2. The lowest BCUT2D eigenvalue weighted by Gasteiger charge is -2.28. The Morgan fingerprint density at radius 3 is 2.49 bits per heavy atom. The molecule has 7 nitrogen and oxygen atoms in total. The number of carbonyl (C=O) groups is 1. The summed E-state index contributed by atoms with van der Waals surface area (Å²) in [6, 6.07) is 12.2. The van der Waals surface area contributed by atoms with E-state index in [-0.39, 0.29) is 23.2 Å². The van der Waals surface area contributed by atoms with E-state index in [0.29, 0.717) is 47.7 Å². The molecule has 4 rings (SSSR count). The van der Waals surface area contributed by atoms with E-state index in [0.717, 1.165) is 18.7 Å². The average Bonchev–Trinajstić information content (AvgIpc) is 3.11. The second-order valence-electron chi connectivity index (χ2n) is 8.93. The number of hydrogen-bond donors (Lipinski definition) is 0. The molecule has 1 aliphatic rings. The predicted octanol–water partition coefficient (Wildman–Crippen LogP) is 4.87. The van der Waals surface area contributed by atoms with Crippen molar-refractivity contribution >= 4 is 16.9 Å². The van der Waals surface area contributed by atoms with E-state index in [2.05, 4.69) is 18.7 Å². The minimum Gasteiger partial charge on any atom is -0.494 e. The smallest absolute Gasteiger partial charge is 0.290 e. The van der Waals surface area contributed by atoms with Crippen LogP contribution >= 0.6 is 0 Å². The van der Waals surface area contributed by atoms with Crippen LogP contribution in [0.5, 0.6) is 11.5 Å². The fraction of sp³-hybridized carbons (Fsp3) is 0.429. The van der Waals surface area contributed by atoms with Crippen LogP contribution in [0.2, 0.25) is 0 Å². The molecule has 1 unspecified atom stereocenters. The van der Waals surface area contributed by atoms with Crippen molar-refractivity contribution in [1.29, 1.82) is 0 Å². The van der Waals surface area contributed by atoms with Crippen molar-refractivity contribution in [2.24, 2.45) is 0 Å². The Morgan fingerprint density at radius 1 is 1.03 bits per heavy atom. The zero-order valence-corrected chi connectivity index (χ0v) is 21.2. The number of fused-ring (bicyclic) bond motifs is 2. The SMILES string of the molecule is CCOc1ccc2c(=O)c3c(oc2c1)C(=O)N(CCN(CC)CC)C3c1cccc(OC(C)C)c1. The van der Waals surface area contributed by atoms with Gasteiger partial charge in [-0.25, -0.2) is 0 Å². The van der Waals surface area contributed by atoms with Crippen molar-refractivity contribution in [2.75, 3.05) is 32.8 Å². The Hall–Kier alpha value is -3.32. The van der Waals surface area contributed by atoms with Crippen LogP contribution in [0.25, 0.3) is 11.0 Å². The predicted molar refractivity (Wildman–Crippen MR) is 137 cm³/mol. The largest absolute Gasteiger partial charge is 0.494 e. The molecule has 2 aromatic carbocycles. The van der Waals surface area contributed by atoms with Crippen LogP contribution in [-0.2, 0) is 0 Å². The molecule has 1 amide bonds. The standard InChI is InChI=1S/C28H34N2O5/c1-6-29(7-2)14-15-30-25(19-10-9-11-21(16-19)34-18(4)5)24-26(31)22-13-12-20(33-8-3)17-23(22)35-27(24)28(30)32/h9-13,16-18,25H,6-8,14-15H2,1-5H3. The Morgan fingerprint density at radius 2 is 1.80 bits per heavy atom. The van der Waals surface area contributed by atoms with Gasteiger partial charge in [-0.15, -0.1) is 0 Å². The fourth-order valence-corrected chi connectivity index (χ4v) is 4.65. The summed E-state index contributed by atoms with van der Waals surface area (Å²) in [5.41, 5.74) is 1.37. The highest BCUT2D eigenvalue weighted by molar-refractivity contribution is 5.99. The van der Waals surface area contributed by atoms with E-state index >= 15 is 0 Å². The van der Waals surface area contributed by atoms with Crippen LogP contribution in [0, 0.1) is 0 Å². The van der Waals surface area contributed by atoms with E-state index in [1.165, 1.54) is 0 Å². The molecular weight excluding hydrogens is 444 g/mol. The summed E-state index contributed by atoms with van der Waals surface area (Å²) in [5, 5.41) is 0.435. The number of amides is 1. The molecule has 0 spiro atoms. The highest BCUT2D eigenvalue weighted by atomic mass is 16.5. The van der Waals surface area contributed by atoms with E-state index in [1.54, 1.807) is 23.1 Å². The summed E-state index contributed by atoms with van der Waals surface area (Å²) in [5.74, 6) is 1.14. The van der Waals surface area contributed by atoms with Gasteiger partial charge in [0.1, 0.15) is 17.1 Å². The van der Waals surface area contributed by atoms with Crippen molar-refractivity contribution in [3.05, 3.63) is 69.6 Å². The molecule has 1 aromatic heterocycles. The molecule has 0 bridgehead atoms. The van der Waals surface area contributed by atoms with Gasteiger partial charge in [-0.3, -0.25) is 9.59 Å². The van der Waals surface area contributed by atoms with Crippen LogP contribution in [0.3, 0.4) is 0 Å². The van der Waals surface area contributed by atoms with Gasteiger partial charge < -0.3 is 23.7 Å². The fourth-order valence-electron chi connectivity index (χ4n) is 4.65. The Kier molecular flexibility index (Phi) is 7.45. The van der Waals surface area contributed by atoms with Crippen molar-refractivity contribution < 1.29 is 18.7 Å². The molecule has 2 heterocycles. The first-order valence-corrected chi connectivity index (χ1v) is 12.4. The molecule has 35 heavy (non-hydrogen) atoms. The minimum atomic E-state index is -0.545. The molecule has 0 saturated heterocycles. The summed E-state index contributed by atoms with van der Waals surface area (Å²) in [6.45, 7) is 13.5. The molecule has 1 atom stereocenters. The van der Waals surface area contributed by atoms with Gasteiger partial charge in [0, 0.05) is 19.2 Å². The van der Waals surface area contributed by atoms with Gasteiger partial charge in [-0.1, -0.05) is 26.0 Å². The van der Waals surface area contributed by atoms with Crippen LogP contribution in [0.15, 0.2) is 51.7 Å². The van der Waals surface area contributed by atoms with E-state index in [4.69, 9.17) is 13.9 Å². The summed E-state index contributed by atoms with van der Waals surface area (Å²) in [4.78, 5) is 31.4. The van der Waals surface area contributed by atoms with Crippen LogP contribution in [-0.4, -0.2) is 54.6 Å². The maximum absolute atomic E-state index is 13.8. The highest BCUT2D eigenvalue weighted by Crippen LogP contribution is 2.39. The van der Waals surface area contributed by atoms with Crippen LogP contribution in [0.4, 0.5) is 0 Å². The average molecular weight is 479 g/mol. The number of rotatable bonds is 10. The first kappa shape index (κ1) is 24.8.